The SMILES string of the molecule is CCCCCCCCCCOc1cc(/C=C/c2ccccc2)c(OCCCCCCCCCC)cc1/C=C/c1ccccc1. The van der Waals surface area contributed by atoms with Gasteiger partial charge in [-0.2, -0.15) is 0 Å². The van der Waals surface area contributed by atoms with Crippen LogP contribution in [0.5, 0.6) is 11.5 Å². The maximum atomic E-state index is 6.48. The first-order valence-corrected chi connectivity index (χ1v) is 17.7. The fourth-order valence-corrected chi connectivity index (χ4v) is 5.44. The Kier molecular flexibility index (Phi) is 18.5. The third-order valence-electron chi connectivity index (χ3n) is 8.16. The molecule has 0 saturated carbocycles. The predicted octanol–water partition coefficient (Wildman–Crippen LogP) is 13.1. The zero-order chi connectivity index (χ0) is 30.9. The van der Waals surface area contributed by atoms with Crippen LogP contribution in [0.25, 0.3) is 24.3 Å². The number of ether oxygens (including phenoxy) is 2. The van der Waals surface area contributed by atoms with E-state index < -0.39 is 0 Å². The lowest BCUT2D eigenvalue weighted by Crippen LogP contribution is -2.03. The van der Waals surface area contributed by atoms with Gasteiger partial charge in [0.25, 0.3) is 0 Å². The van der Waals surface area contributed by atoms with E-state index in [2.05, 4.69) is 111 Å². The van der Waals surface area contributed by atoms with Crippen molar-refractivity contribution in [3.63, 3.8) is 0 Å². The largest absolute Gasteiger partial charge is 0.493 e. The minimum atomic E-state index is 0.738. The second kappa shape index (κ2) is 23.2. The first kappa shape index (κ1) is 35.2. The Labute approximate surface area is 269 Å². The van der Waals surface area contributed by atoms with Gasteiger partial charge in [0, 0.05) is 11.1 Å². The van der Waals surface area contributed by atoms with Crippen LogP contribution in [-0.2, 0) is 0 Å². The molecular weight excluding hydrogens is 536 g/mol. The summed E-state index contributed by atoms with van der Waals surface area (Å²) in [5.41, 5.74) is 4.49. The third kappa shape index (κ3) is 15.0. The van der Waals surface area contributed by atoms with E-state index in [9.17, 15) is 0 Å². The molecule has 0 atom stereocenters. The Hall–Kier alpha value is -3.26. The molecule has 0 fully saturated rings. The Morgan fingerprint density at radius 3 is 1.11 bits per heavy atom. The minimum absolute atomic E-state index is 0.738. The van der Waals surface area contributed by atoms with Gasteiger partial charge in [-0.15, -0.1) is 0 Å². The topological polar surface area (TPSA) is 18.5 Å². The average molecular weight is 595 g/mol. The van der Waals surface area contributed by atoms with Crippen molar-refractivity contribution in [2.45, 2.75) is 117 Å². The fourth-order valence-electron chi connectivity index (χ4n) is 5.44. The van der Waals surface area contributed by atoms with Gasteiger partial charge in [0.15, 0.2) is 0 Å². The smallest absolute Gasteiger partial charge is 0.127 e. The summed E-state index contributed by atoms with van der Waals surface area (Å²) in [5, 5.41) is 0. The molecule has 0 radical (unpaired) electrons. The van der Waals surface area contributed by atoms with Crippen LogP contribution in [0.15, 0.2) is 72.8 Å². The van der Waals surface area contributed by atoms with Crippen molar-refractivity contribution < 1.29 is 9.47 Å². The van der Waals surface area contributed by atoms with Crippen LogP contribution in [0.3, 0.4) is 0 Å². The summed E-state index contributed by atoms with van der Waals surface area (Å²) in [4.78, 5) is 0. The lowest BCUT2D eigenvalue weighted by Gasteiger charge is -2.15. The maximum Gasteiger partial charge on any atom is 0.127 e. The molecule has 0 bridgehead atoms. The third-order valence-corrected chi connectivity index (χ3v) is 8.16. The highest BCUT2D eigenvalue weighted by Gasteiger charge is 2.10. The highest BCUT2D eigenvalue weighted by Crippen LogP contribution is 2.33. The monoisotopic (exact) mass is 594 g/mol. The minimum Gasteiger partial charge on any atom is -0.493 e. The van der Waals surface area contributed by atoms with Crippen molar-refractivity contribution in [2.75, 3.05) is 13.2 Å². The first-order chi connectivity index (χ1) is 21.8. The molecule has 0 aliphatic carbocycles. The quantitative estimate of drug-likeness (QED) is 0.0758. The van der Waals surface area contributed by atoms with Crippen molar-refractivity contribution in [1.29, 1.82) is 0 Å². The normalized spacial score (nSPS) is 11.5. The highest BCUT2D eigenvalue weighted by molar-refractivity contribution is 5.78. The van der Waals surface area contributed by atoms with Crippen molar-refractivity contribution in [3.05, 3.63) is 95.1 Å². The molecule has 0 aliphatic heterocycles. The van der Waals surface area contributed by atoms with Crippen LogP contribution < -0.4 is 9.47 Å². The molecule has 3 rings (SSSR count). The molecule has 0 heterocycles. The van der Waals surface area contributed by atoms with Gasteiger partial charge in [-0.05, 0) is 36.1 Å². The van der Waals surface area contributed by atoms with Crippen molar-refractivity contribution in [2.24, 2.45) is 0 Å². The van der Waals surface area contributed by atoms with Crippen molar-refractivity contribution in [1.82, 2.24) is 0 Å². The molecular formula is C42H58O2. The molecule has 0 aromatic heterocycles. The molecule has 3 aromatic rings. The molecule has 3 aromatic carbocycles. The van der Waals surface area contributed by atoms with Crippen LogP contribution in [0.1, 0.15) is 139 Å². The van der Waals surface area contributed by atoms with E-state index in [0.717, 1.165) is 48.7 Å². The molecule has 0 N–H and O–H groups in total. The molecule has 44 heavy (non-hydrogen) atoms. The van der Waals surface area contributed by atoms with Crippen LogP contribution in [0.4, 0.5) is 0 Å². The lowest BCUT2D eigenvalue weighted by molar-refractivity contribution is 0.295. The van der Waals surface area contributed by atoms with Gasteiger partial charge < -0.3 is 9.47 Å². The lowest BCUT2D eigenvalue weighted by atomic mass is 10.0. The zero-order valence-corrected chi connectivity index (χ0v) is 27.8. The van der Waals surface area contributed by atoms with Crippen LogP contribution in [0, 0.1) is 0 Å². The molecule has 0 saturated heterocycles. The number of rotatable bonds is 24. The maximum absolute atomic E-state index is 6.48. The van der Waals surface area contributed by atoms with Gasteiger partial charge in [-0.25, -0.2) is 0 Å². The fraction of sp³-hybridized carbons (Fsp3) is 0.476. The van der Waals surface area contributed by atoms with Crippen molar-refractivity contribution in [3.8, 4) is 11.5 Å². The summed E-state index contributed by atoms with van der Waals surface area (Å²) >= 11 is 0. The van der Waals surface area contributed by atoms with Gasteiger partial charge in [0.2, 0.25) is 0 Å². The van der Waals surface area contributed by atoms with E-state index in [4.69, 9.17) is 9.47 Å². The molecule has 2 heteroatoms. The summed E-state index contributed by atoms with van der Waals surface area (Å²) < 4.78 is 13.0. The number of hydrogen-bond acceptors (Lipinski definition) is 2. The second-order valence-electron chi connectivity index (χ2n) is 12.1. The van der Waals surface area contributed by atoms with Crippen LogP contribution >= 0.6 is 0 Å². The summed E-state index contributed by atoms with van der Waals surface area (Å²) in [5.74, 6) is 1.85. The standard InChI is InChI=1S/C42H58O2/c1-3-5-7-9-11-13-15-23-33-43-41-35-40(32-30-38-27-21-18-22-28-38)42(44-34-24-16-14-12-10-8-6-4-2)36-39(41)31-29-37-25-19-17-20-26-37/h17-22,25-32,35-36H,3-16,23-24,33-34H2,1-2H3/b31-29+,32-30+. The molecule has 0 spiro atoms. The van der Waals surface area contributed by atoms with Crippen LogP contribution in [-0.4, -0.2) is 13.2 Å². The Balaban J connectivity index is 1.71. The molecule has 0 amide bonds. The summed E-state index contributed by atoms with van der Waals surface area (Å²) in [6.45, 7) is 6.03. The summed E-state index contributed by atoms with van der Waals surface area (Å²) in [7, 11) is 0. The van der Waals surface area contributed by atoms with Crippen LogP contribution in [0.2, 0.25) is 0 Å². The number of hydrogen-bond donors (Lipinski definition) is 0. The van der Waals surface area contributed by atoms with E-state index in [1.54, 1.807) is 0 Å². The Morgan fingerprint density at radius 2 is 0.750 bits per heavy atom. The summed E-state index contributed by atoms with van der Waals surface area (Å²) in [6, 6.07) is 25.3. The van der Waals surface area contributed by atoms with Gasteiger partial charge in [0.05, 0.1) is 13.2 Å². The first-order valence-electron chi connectivity index (χ1n) is 17.7. The van der Waals surface area contributed by atoms with E-state index in [0.29, 0.717) is 0 Å². The van der Waals surface area contributed by atoms with Gasteiger partial charge in [-0.1, -0.05) is 189 Å². The van der Waals surface area contributed by atoms with Crippen molar-refractivity contribution >= 4 is 24.3 Å². The van der Waals surface area contributed by atoms with E-state index in [1.807, 2.05) is 0 Å². The van der Waals surface area contributed by atoms with E-state index in [-0.39, 0.29) is 0 Å². The molecule has 0 aliphatic rings. The number of benzene rings is 3. The average Bonchev–Trinajstić information content (AvgIpc) is 3.06. The highest BCUT2D eigenvalue weighted by atomic mass is 16.5. The van der Waals surface area contributed by atoms with E-state index >= 15 is 0 Å². The molecule has 238 valence electrons. The van der Waals surface area contributed by atoms with Gasteiger partial charge in [0.1, 0.15) is 11.5 Å². The summed E-state index contributed by atoms with van der Waals surface area (Å²) in [6.07, 6.45) is 29.4. The molecule has 0 unspecified atom stereocenters. The van der Waals surface area contributed by atoms with E-state index in [1.165, 1.54) is 101 Å². The molecule has 2 nitrogen and oxygen atoms in total. The van der Waals surface area contributed by atoms with Gasteiger partial charge in [-0.3, -0.25) is 0 Å². The predicted molar refractivity (Wildman–Crippen MR) is 193 cm³/mol. The Bertz CT molecular complexity index is 1080. The number of unbranched alkanes of at least 4 members (excludes halogenated alkanes) is 14. The second-order valence-corrected chi connectivity index (χ2v) is 12.1. The van der Waals surface area contributed by atoms with Gasteiger partial charge >= 0.3 is 0 Å². The zero-order valence-electron chi connectivity index (χ0n) is 27.8. The Morgan fingerprint density at radius 1 is 0.409 bits per heavy atom.